The van der Waals surface area contributed by atoms with Gasteiger partial charge in [-0.2, -0.15) is 12.7 Å². The Balaban J connectivity index is 1.41. The summed E-state index contributed by atoms with van der Waals surface area (Å²) < 4.78 is 37.2. The molecule has 3 heterocycles. The van der Waals surface area contributed by atoms with Crippen LogP contribution in [-0.2, 0) is 16.8 Å². The summed E-state index contributed by atoms with van der Waals surface area (Å²) >= 11 is 2.64. The highest BCUT2D eigenvalue weighted by molar-refractivity contribution is 14.1. The number of nitrogens with zero attached hydrogens (tertiary/aromatic N) is 3. The van der Waals surface area contributed by atoms with Crippen LogP contribution in [0.4, 0.5) is 0 Å². The molecule has 2 aliphatic carbocycles. The van der Waals surface area contributed by atoms with Gasteiger partial charge in [-0.3, -0.25) is 9.69 Å². The van der Waals surface area contributed by atoms with E-state index >= 15 is 0 Å². The number of methoxy groups -OCH3 is 1. The minimum atomic E-state index is -3.92. The third kappa shape index (κ3) is 5.57. The van der Waals surface area contributed by atoms with Crippen molar-refractivity contribution < 1.29 is 17.9 Å². The standard InChI is InChI=1S/C35H46IN5O4S/c1-37-19-24-11-15-31(36)40(24)20-35-18-29(35)28-17-25(45-4)12-14-26(28)33-32(22-8-6-5-7-9-22)27-13-10-23(16-30(27)41(33)21-35)34(42)38-46(43,44)39(2)3/h10,12-14,16-17,22,24,29,31,37H,5-9,11,15,18-21H2,1-4H3,(H,38,42). The molecule has 2 aliphatic heterocycles. The highest BCUT2D eigenvalue weighted by Crippen LogP contribution is 2.66. The maximum absolute atomic E-state index is 13.4. The average molecular weight is 760 g/mol. The molecule has 3 fully saturated rings. The second-order valence-electron chi connectivity index (χ2n) is 14.1. The molecule has 0 radical (unpaired) electrons. The fourth-order valence-corrected chi connectivity index (χ4v) is 10.2. The summed E-state index contributed by atoms with van der Waals surface area (Å²) in [6.07, 6.45) is 9.55. The van der Waals surface area contributed by atoms with E-state index in [1.165, 1.54) is 74.0 Å². The van der Waals surface area contributed by atoms with Crippen LogP contribution in [0.25, 0.3) is 22.2 Å². The van der Waals surface area contributed by atoms with Gasteiger partial charge in [-0.1, -0.05) is 47.9 Å². The zero-order chi connectivity index (χ0) is 32.4. The topological polar surface area (TPSA) is 95.9 Å². The second-order valence-corrected chi connectivity index (χ2v) is 17.4. The van der Waals surface area contributed by atoms with Crippen LogP contribution in [0, 0.1) is 5.41 Å². The largest absolute Gasteiger partial charge is 0.497 e. The number of benzene rings is 2. The zero-order valence-corrected chi connectivity index (χ0v) is 30.3. The third-order valence-corrected chi connectivity index (χ3v) is 13.9. The predicted octanol–water partition coefficient (Wildman–Crippen LogP) is 5.83. The number of alkyl halides is 1. The van der Waals surface area contributed by atoms with Crippen molar-refractivity contribution in [1.29, 1.82) is 0 Å². The van der Waals surface area contributed by atoms with Crippen molar-refractivity contribution in [3.8, 4) is 17.0 Å². The van der Waals surface area contributed by atoms with Crippen LogP contribution in [0.15, 0.2) is 36.4 Å². The van der Waals surface area contributed by atoms with E-state index in [1.807, 2.05) is 13.1 Å². The van der Waals surface area contributed by atoms with Crippen LogP contribution >= 0.6 is 22.6 Å². The summed E-state index contributed by atoms with van der Waals surface area (Å²) in [5, 5.41) is 4.62. The number of hydrogen-bond donors (Lipinski definition) is 2. The van der Waals surface area contributed by atoms with E-state index in [-0.39, 0.29) is 5.41 Å². The van der Waals surface area contributed by atoms with E-state index < -0.39 is 16.1 Å². The summed E-state index contributed by atoms with van der Waals surface area (Å²) in [6, 6.07) is 13.0. The van der Waals surface area contributed by atoms with Crippen LogP contribution in [0.2, 0.25) is 0 Å². The lowest BCUT2D eigenvalue weighted by atomic mass is 9.81. The van der Waals surface area contributed by atoms with E-state index in [0.29, 0.717) is 27.5 Å². The number of likely N-dealkylation sites (tertiary alicyclic amines) is 1. The number of aromatic nitrogens is 1. The van der Waals surface area contributed by atoms with E-state index in [2.05, 4.69) is 66.4 Å². The Labute approximate surface area is 286 Å². The number of nitrogens with one attached hydrogen (secondary N) is 2. The maximum atomic E-state index is 13.4. The molecule has 3 aromatic rings. The van der Waals surface area contributed by atoms with Crippen LogP contribution in [0.3, 0.4) is 0 Å². The Morgan fingerprint density at radius 1 is 1.09 bits per heavy atom. The highest BCUT2D eigenvalue weighted by Gasteiger charge is 2.59. The van der Waals surface area contributed by atoms with Crippen molar-refractivity contribution in [3.63, 3.8) is 0 Å². The average Bonchev–Trinajstić information content (AvgIpc) is 3.55. The second kappa shape index (κ2) is 12.4. The number of ether oxygens (including phenoxy) is 1. The van der Waals surface area contributed by atoms with Gasteiger partial charge in [0.05, 0.1) is 16.9 Å². The molecule has 4 unspecified atom stereocenters. The minimum Gasteiger partial charge on any atom is -0.497 e. The van der Waals surface area contributed by atoms with Crippen molar-refractivity contribution in [1.82, 2.24) is 23.8 Å². The smallest absolute Gasteiger partial charge is 0.303 e. The molecule has 1 aromatic heterocycles. The number of hydrogen-bond acceptors (Lipinski definition) is 6. The molecule has 11 heteroatoms. The van der Waals surface area contributed by atoms with E-state index in [0.717, 1.165) is 54.5 Å². The van der Waals surface area contributed by atoms with Crippen LogP contribution in [0.5, 0.6) is 5.75 Å². The number of likely N-dealkylation sites (N-methyl/N-ethyl adjacent to an activating group) is 1. The Hall–Kier alpha value is -2.19. The number of carbonyl (C=O) groups excluding carboxylic acids is 1. The molecular formula is C35H46IN5O4S. The summed E-state index contributed by atoms with van der Waals surface area (Å²) in [5.74, 6) is 1.15. The van der Waals surface area contributed by atoms with E-state index in [1.54, 1.807) is 13.2 Å². The molecule has 0 spiro atoms. The Morgan fingerprint density at radius 3 is 2.59 bits per heavy atom. The van der Waals surface area contributed by atoms with Gasteiger partial charge in [0.2, 0.25) is 0 Å². The first kappa shape index (κ1) is 32.4. The van der Waals surface area contributed by atoms with Gasteiger partial charge < -0.3 is 14.6 Å². The monoisotopic (exact) mass is 759 g/mol. The van der Waals surface area contributed by atoms with Crippen molar-refractivity contribution in [2.45, 2.75) is 79.8 Å². The van der Waals surface area contributed by atoms with Crippen molar-refractivity contribution in [3.05, 3.63) is 53.1 Å². The maximum Gasteiger partial charge on any atom is 0.303 e. The fraction of sp³-hybridized carbons (Fsp3) is 0.571. The minimum absolute atomic E-state index is 0.0500. The molecule has 7 rings (SSSR count). The summed E-state index contributed by atoms with van der Waals surface area (Å²) in [6.45, 7) is 2.87. The SMILES string of the molecule is CNCC1CCC(I)N1CC12CC1c1cc(OC)ccc1-c1c(C3CCCCC3)c3ccc(C(=O)NS(=O)(=O)N(C)C)cc3n1C2. The molecule has 4 atom stereocenters. The summed E-state index contributed by atoms with van der Waals surface area (Å²) in [4.78, 5) is 16.1. The first-order valence-electron chi connectivity index (χ1n) is 16.7. The van der Waals surface area contributed by atoms with Gasteiger partial charge in [0, 0.05) is 67.2 Å². The third-order valence-electron chi connectivity index (χ3n) is 11.1. The number of fused-ring (bicyclic) bond motifs is 7. The molecule has 248 valence electrons. The predicted molar refractivity (Wildman–Crippen MR) is 191 cm³/mol. The molecule has 9 nitrogen and oxygen atoms in total. The first-order chi connectivity index (χ1) is 22.1. The molecule has 46 heavy (non-hydrogen) atoms. The number of rotatable bonds is 9. The summed E-state index contributed by atoms with van der Waals surface area (Å²) in [7, 11) is 2.72. The molecular weight excluding hydrogens is 713 g/mol. The number of carbonyl (C=O) groups is 1. The quantitative estimate of drug-likeness (QED) is 0.162. The van der Waals surface area contributed by atoms with Crippen molar-refractivity contribution in [2.75, 3.05) is 41.3 Å². The fourth-order valence-electron chi connectivity index (χ4n) is 8.65. The van der Waals surface area contributed by atoms with Crippen LogP contribution < -0.4 is 14.8 Å². The van der Waals surface area contributed by atoms with Gasteiger partial charge in [-0.15, -0.1) is 0 Å². The highest BCUT2D eigenvalue weighted by atomic mass is 127. The lowest BCUT2D eigenvalue weighted by Crippen LogP contribution is -2.43. The van der Waals surface area contributed by atoms with Gasteiger partial charge >= 0.3 is 10.2 Å². The normalized spacial score (nSPS) is 26.4. The molecule has 0 bridgehead atoms. The van der Waals surface area contributed by atoms with Crippen LogP contribution in [-0.4, -0.2) is 79.5 Å². The number of halogens is 1. The summed E-state index contributed by atoms with van der Waals surface area (Å²) in [5.41, 5.74) is 6.77. The van der Waals surface area contributed by atoms with E-state index in [4.69, 9.17) is 4.74 Å². The van der Waals surface area contributed by atoms with Crippen LogP contribution in [0.1, 0.15) is 84.7 Å². The van der Waals surface area contributed by atoms with Crippen molar-refractivity contribution in [2.24, 2.45) is 5.41 Å². The van der Waals surface area contributed by atoms with Gasteiger partial charge in [0.25, 0.3) is 5.91 Å². The first-order valence-corrected chi connectivity index (χ1v) is 19.4. The number of amides is 1. The molecule has 1 saturated heterocycles. The van der Waals surface area contributed by atoms with Gasteiger partial charge in [0.1, 0.15) is 5.75 Å². The van der Waals surface area contributed by atoms with E-state index in [9.17, 15) is 13.2 Å². The molecule has 2 saturated carbocycles. The molecule has 1 amide bonds. The Morgan fingerprint density at radius 2 is 1.87 bits per heavy atom. The van der Waals surface area contributed by atoms with Gasteiger partial charge in [-0.25, -0.2) is 4.72 Å². The van der Waals surface area contributed by atoms with Crippen molar-refractivity contribution >= 4 is 49.6 Å². The lowest BCUT2D eigenvalue weighted by Gasteiger charge is -2.32. The van der Waals surface area contributed by atoms with Gasteiger partial charge in [-0.05, 0) is 92.4 Å². The Bertz CT molecular complexity index is 1770. The molecule has 2 aromatic carbocycles. The van der Waals surface area contributed by atoms with Gasteiger partial charge in [0.15, 0.2) is 0 Å². The Kier molecular flexibility index (Phi) is 8.70. The lowest BCUT2D eigenvalue weighted by molar-refractivity contribution is 0.0980. The zero-order valence-electron chi connectivity index (χ0n) is 27.3. The molecule has 4 aliphatic rings. The molecule has 2 N–H and O–H groups in total.